The van der Waals surface area contributed by atoms with Crippen molar-refractivity contribution < 1.29 is 8.78 Å². The average Bonchev–Trinajstić information content (AvgIpc) is 2.85. The Balaban J connectivity index is 2.10. The van der Waals surface area contributed by atoms with Crippen molar-refractivity contribution in [2.24, 2.45) is 0 Å². The van der Waals surface area contributed by atoms with Gasteiger partial charge in [0.25, 0.3) is 0 Å². The van der Waals surface area contributed by atoms with Gasteiger partial charge < -0.3 is 10.3 Å². The lowest BCUT2D eigenvalue weighted by atomic mass is 10.1. The van der Waals surface area contributed by atoms with Gasteiger partial charge in [-0.1, -0.05) is 0 Å². The van der Waals surface area contributed by atoms with Crippen molar-refractivity contribution in [3.63, 3.8) is 0 Å². The second-order valence-corrected chi connectivity index (χ2v) is 4.80. The number of halogens is 3. The lowest BCUT2D eigenvalue weighted by Crippen LogP contribution is -2.04. The number of anilines is 1. The molecule has 22 heavy (non-hydrogen) atoms. The van der Waals surface area contributed by atoms with Crippen LogP contribution in [0.3, 0.4) is 0 Å². The Kier molecular flexibility index (Phi) is 3.35. The van der Waals surface area contributed by atoms with Crippen LogP contribution in [0.5, 0.6) is 0 Å². The van der Waals surface area contributed by atoms with E-state index in [1.54, 1.807) is 6.07 Å². The van der Waals surface area contributed by atoms with Gasteiger partial charge in [0.05, 0.1) is 18.4 Å². The summed E-state index contributed by atoms with van der Waals surface area (Å²) in [5.74, 6) is -1.58. The topological polar surface area (TPSA) is 93.4 Å². The fourth-order valence-electron chi connectivity index (χ4n) is 2.04. The van der Waals surface area contributed by atoms with E-state index in [4.69, 9.17) is 22.6 Å². The Labute approximate surface area is 127 Å². The van der Waals surface area contributed by atoms with E-state index in [1.165, 1.54) is 10.9 Å². The van der Waals surface area contributed by atoms with Crippen molar-refractivity contribution >= 4 is 28.6 Å². The minimum absolute atomic E-state index is 0.00985. The molecule has 2 aromatic heterocycles. The Hall–Kier alpha value is -2.79. The molecule has 0 atom stereocenters. The van der Waals surface area contributed by atoms with Crippen LogP contribution in [0.2, 0.25) is 5.28 Å². The fraction of sp³-hybridized carbons (Fsp3) is 0.0769. The highest BCUT2D eigenvalue weighted by molar-refractivity contribution is 6.28. The molecule has 1 aromatic carbocycles. The van der Waals surface area contributed by atoms with Crippen LogP contribution in [0.15, 0.2) is 18.5 Å². The highest BCUT2D eigenvalue weighted by Crippen LogP contribution is 2.21. The van der Waals surface area contributed by atoms with Crippen LogP contribution in [-0.2, 0) is 6.54 Å². The first kappa shape index (κ1) is 14.2. The number of hydrogen-bond donors (Lipinski definition) is 1. The summed E-state index contributed by atoms with van der Waals surface area (Å²) in [5.41, 5.74) is 6.20. The van der Waals surface area contributed by atoms with Crippen molar-refractivity contribution in [2.75, 3.05) is 5.73 Å². The summed E-state index contributed by atoms with van der Waals surface area (Å²) in [7, 11) is 0. The van der Waals surface area contributed by atoms with Gasteiger partial charge in [0.15, 0.2) is 11.5 Å². The molecular weight excluding hydrogens is 314 g/mol. The van der Waals surface area contributed by atoms with Gasteiger partial charge in [0, 0.05) is 11.6 Å². The lowest BCUT2D eigenvalue weighted by molar-refractivity contribution is 0.565. The summed E-state index contributed by atoms with van der Waals surface area (Å²) in [5, 5.41) is 8.75. The molecule has 0 saturated carbocycles. The maximum Gasteiger partial charge on any atom is 0.226 e. The zero-order valence-electron chi connectivity index (χ0n) is 10.9. The predicted octanol–water partition coefficient (Wildman–Crippen LogP) is 2.26. The average molecular weight is 321 g/mol. The molecule has 9 heteroatoms. The third-order valence-corrected chi connectivity index (χ3v) is 3.23. The van der Waals surface area contributed by atoms with E-state index in [-0.39, 0.29) is 28.8 Å². The molecule has 0 aliphatic heterocycles. The maximum absolute atomic E-state index is 13.9. The van der Waals surface area contributed by atoms with E-state index in [9.17, 15) is 8.78 Å². The highest BCUT2D eigenvalue weighted by atomic mass is 35.5. The van der Waals surface area contributed by atoms with Gasteiger partial charge in [-0.15, -0.1) is 0 Å². The number of fused-ring (bicyclic) bond motifs is 1. The minimum Gasteiger partial charge on any atom is -0.382 e. The second kappa shape index (κ2) is 5.20. The van der Waals surface area contributed by atoms with E-state index in [0.29, 0.717) is 17.2 Å². The molecule has 0 unspecified atom stereocenters. The van der Waals surface area contributed by atoms with Gasteiger partial charge in [0.2, 0.25) is 5.28 Å². The Morgan fingerprint density at radius 3 is 2.77 bits per heavy atom. The van der Waals surface area contributed by atoms with Gasteiger partial charge in [-0.2, -0.15) is 15.2 Å². The van der Waals surface area contributed by atoms with Crippen molar-refractivity contribution in [3.8, 4) is 6.07 Å². The largest absolute Gasteiger partial charge is 0.382 e. The van der Waals surface area contributed by atoms with E-state index >= 15 is 0 Å². The molecule has 2 heterocycles. The van der Waals surface area contributed by atoms with E-state index in [0.717, 1.165) is 6.07 Å². The molecule has 0 radical (unpaired) electrons. The molecule has 0 saturated heterocycles. The number of nitrogens with two attached hydrogens (primary N) is 1. The minimum atomic E-state index is -0.908. The van der Waals surface area contributed by atoms with Crippen LogP contribution < -0.4 is 5.73 Å². The first-order valence-electron chi connectivity index (χ1n) is 6.01. The van der Waals surface area contributed by atoms with Crippen LogP contribution in [0.25, 0.3) is 11.2 Å². The van der Waals surface area contributed by atoms with E-state index in [2.05, 4.69) is 15.0 Å². The third-order valence-electron chi connectivity index (χ3n) is 3.06. The molecule has 0 aliphatic carbocycles. The van der Waals surface area contributed by atoms with Crippen molar-refractivity contribution in [1.29, 1.82) is 5.26 Å². The molecular formula is C13H7ClF2N6. The third kappa shape index (κ3) is 2.31. The standard InChI is InChI=1S/C13H7ClF2N6/c14-13-20-11(18)10-12(21-13)22(5-19-10)4-7-1-6(3-17)8(15)2-9(7)16/h1-2,5H,4H2,(H2,18,20,21). The molecule has 0 aliphatic rings. The van der Waals surface area contributed by atoms with Crippen molar-refractivity contribution in [1.82, 2.24) is 19.5 Å². The smallest absolute Gasteiger partial charge is 0.226 e. The number of nitriles is 1. The first-order chi connectivity index (χ1) is 10.5. The molecule has 0 amide bonds. The van der Waals surface area contributed by atoms with Crippen LogP contribution in [-0.4, -0.2) is 19.5 Å². The van der Waals surface area contributed by atoms with Gasteiger partial charge in [0.1, 0.15) is 23.2 Å². The van der Waals surface area contributed by atoms with Gasteiger partial charge in [-0.25, -0.2) is 13.8 Å². The number of rotatable bonds is 2. The Morgan fingerprint density at radius 2 is 2.05 bits per heavy atom. The van der Waals surface area contributed by atoms with Gasteiger partial charge in [-0.3, -0.25) is 0 Å². The number of benzene rings is 1. The summed E-state index contributed by atoms with van der Waals surface area (Å²) in [4.78, 5) is 11.8. The Bertz CT molecular complexity index is 930. The van der Waals surface area contributed by atoms with Gasteiger partial charge in [-0.05, 0) is 17.7 Å². The lowest BCUT2D eigenvalue weighted by Gasteiger charge is -2.07. The number of hydrogen-bond acceptors (Lipinski definition) is 5. The van der Waals surface area contributed by atoms with Crippen LogP contribution in [0, 0.1) is 23.0 Å². The summed E-state index contributed by atoms with van der Waals surface area (Å²) < 4.78 is 28.7. The highest BCUT2D eigenvalue weighted by Gasteiger charge is 2.14. The normalized spacial score (nSPS) is 10.8. The quantitative estimate of drug-likeness (QED) is 0.731. The summed E-state index contributed by atoms with van der Waals surface area (Å²) in [6, 6.07) is 3.48. The summed E-state index contributed by atoms with van der Waals surface area (Å²) >= 11 is 5.75. The molecule has 3 rings (SSSR count). The number of nitrogens with zero attached hydrogens (tertiary/aromatic N) is 5. The maximum atomic E-state index is 13.9. The zero-order valence-corrected chi connectivity index (χ0v) is 11.6. The summed E-state index contributed by atoms with van der Waals surface area (Å²) in [6.45, 7) is -0.00985. The zero-order chi connectivity index (χ0) is 15.9. The number of aromatic nitrogens is 4. The SMILES string of the molecule is N#Cc1cc(Cn2cnc3c(N)nc(Cl)nc32)c(F)cc1F. The van der Waals surface area contributed by atoms with E-state index < -0.39 is 11.6 Å². The van der Waals surface area contributed by atoms with Crippen LogP contribution in [0.1, 0.15) is 11.1 Å². The molecule has 0 spiro atoms. The van der Waals surface area contributed by atoms with Crippen molar-refractivity contribution in [2.45, 2.75) is 6.54 Å². The fourth-order valence-corrected chi connectivity index (χ4v) is 2.21. The molecule has 0 bridgehead atoms. The van der Waals surface area contributed by atoms with Gasteiger partial charge >= 0.3 is 0 Å². The monoisotopic (exact) mass is 320 g/mol. The molecule has 110 valence electrons. The molecule has 0 fully saturated rings. The predicted molar refractivity (Wildman–Crippen MR) is 74.9 cm³/mol. The molecule has 2 N–H and O–H groups in total. The first-order valence-corrected chi connectivity index (χ1v) is 6.39. The second-order valence-electron chi connectivity index (χ2n) is 4.46. The number of imidazole rings is 1. The van der Waals surface area contributed by atoms with Crippen LogP contribution in [0.4, 0.5) is 14.6 Å². The van der Waals surface area contributed by atoms with Crippen LogP contribution >= 0.6 is 11.6 Å². The number of nitrogen functional groups attached to an aromatic ring is 1. The molecule has 6 nitrogen and oxygen atoms in total. The Morgan fingerprint density at radius 1 is 1.27 bits per heavy atom. The van der Waals surface area contributed by atoms with E-state index in [1.807, 2.05) is 0 Å². The molecule has 3 aromatic rings. The summed E-state index contributed by atoms with van der Waals surface area (Å²) in [6.07, 6.45) is 1.39. The van der Waals surface area contributed by atoms with Crippen molar-refractivity contribution in [3.05, 3.63) is 46.5 Å².